The summed E-state index contributed by atoms with van der Waals surface area (Å²) in [5.41, 5.74) is 2.88. The number of benzene rings is 4. The summed E-state index contributed by atoms with van der Waals surface area (Å²) in [5, 5.41) is 0.694. The van der Waals surface area contributed by atoms with E-state index in [9.17, 15) is 0 Å². The van der Waals surface area contributed by atoms with Gasteiger partial charge in [0.15, 0.2) is 0 Å². The fraction of sp³-hybridized carbons (Fsp3) is 0.294. The molecule has 0 aliphatic carbocycles. The molecule has 1 saturated heterocycles. The molecular weight excluding hydrogens is 556 g/mol. The second-order valence-electron chi connectivity index (χ2n) is 9.93. The van der Waals surface area contributed by atoms with Gasteiger partial charge >= 0.3 is 0 Å². The van der Waals surface area contributed by atoms with Crippen molar-refractivity contribution in [3.8, 4) is 5.75 Å². The Labute approximate surface area is 251 Å². The highest BCUT2D eigenvalue weighted by Crippen LogP contribution is 2.38. The number of methoxy groups -OCH3 is 1. The topological polar surface area (TPSA) is 46.2 Å². The number of ether oxygens (including phenoxy) is 5. The largest absolute Gasteiger partial charge is 0.497 e. The third-order valence-electron chi connectivity index (χ3n) is 6.97. The van der Waals surface area contributed by atoms with Crippen molar-refractivity contribution in [3.05, 3.63) is 131 Å². The number of thioether (sulfide) groups is 1. The fourth-order valence-electron chi connectivity index (χ4n) is 4.76. The molecule has 1 aliphatic heterocycles. The van der Waals surface area contributed by atoms with Gasteiger partial charge in [-0.2, -0.15) is 0 Å². The predicted molar refractivity (Wildman–Crippen MR) is 163 cm³/mol. The Kier molecular flexibility index (Phi) is 10.8. The first kappa shape index (κ1) is 29.6. The average Bonchev–Trinajstić information content (AvgIpc) is 3.01. The molecule has 41 heavy (non-hydrogen) atoms. The van der Waals surface area contributed by atoms with Crippen LogP contribution in [0.3, 0.4) is 0 Å². The Morgan fingerprint density at radius 1 is 0.634 bits per heavy atom. The van der Waals surface area contributed by atoms with E-state index in [1.807, 2.05) is 91.9 Å². The van der Waals surface area contributed by atoms with Crippen LogP contribution in [-0.2, 0) is 38.8 Å². The van der Waals surface area contributed by atoms with Gasteiger partial charge < -0.3 is 23.7 Å². The van der Waals surface area contributed by atoms with Gasteiger partial charge in [0.25, 0.3) is 0 Å². The van der Waals surface area contributed by atoms with Crippen LogP contribution in [0.15, 0.2) is 114 Å². The number of hydrogen-bond donors (Lipinski definition) is 0. The summed E-state index contributed by atoms with van der Waals surface area (Å²) in [5.74, 6) is 0.806. The monoisotopic (exact) mass is 590 g/mol. The summed E-state index contributed by atoms with van der Waals surface area (Å²) in [7, 11) is 1.66. The van der Waals surface area contributed by atoms with Crippen molar-refractivity contribution in [1.29, 1.82) is 0 Å². The van der Waals surface area contributed by atoms with E-state index in [0.717, 1.165) is 27.3 Å². The molecule has 1 fully saturated rings. The van der Waals surface area contributed by atoms with Gasteiger partial charge in [0.2, 0.25) is 0 Å². The lowest BCUT2D eigenvalue weighted by Crippen LogP contribution is -2.58. The highest BCUT2D eigenvalue weighted by Gasteiger charge is 2.47. The van der Waals surface area contributed by atoms with Crippen LogP contribution < -0.4 is 4.74 Å². The quantitative estimate of drug-likeness (QED) is 0.167. The van der Waals surface area contributed by atoms with Crippen LogP contribution in [0, 0.1) is 0 Å². The van der Waals surface area contributed by atoms with Crippen molar-refractivity contribution in [2.75, 3.05) is 7.11 Å². The lowest BCUT2D eigenvalue weighted by Gasteiger charge is -2.45. The van der Waals surface area contributed by atoms with Crippen molar-refractivity contribution in [3.63, 3.8) is 0 Å². The Bertz CT molecular complexity index is 1320. The van der Waals surface area contributed by atoms with Crippen molar-refractivity contribution < 1.29 is 23.7 Å². The first-order chi connectivity index (χ1) is 20.1. The minimum Gasteiger partial charge on any atom is -0.497 e. The molecule has 5 rings (SSSR count). The maximum Gasteiger partial charge on any atom is 0.136 e. The minimum atomic E-state index is -0.411. The zero-order chi connectivity index (χ0) is 28.4. The van der Waals surface area contributed by atoms with E-state index in [-0.39, 0.29) is 17.6 Å². The van der Waals surface area contributed by atoms with Crippen LogP contribution in [0.5, 0.6) is 5.75 Å². The van der Waals surface area contributed by atoms with Crippen molar-refractivity contribution >= 4 is 23.4 Å². The summed E-state index contributed by atoms with van der Waals surface area (Å²) in [6, 6.07) is 36.0. The normalized spacial score (nSPS) is 22.4. The molecule has 0 radical (unpaired) electrons. The van der Waals surface area contributed by atoms with E-state index in [2.05, 4.69) is 24.3 Å². The van der Waals surface area contributed by atoms with E-state index < -0.39 is 12.2 Å². The molecule has 1 aliphatic rings. The van der Waals surface area contributed by atoms with E-state index in [4.69, 9.17) is 35.3 Å². The number of halogens is 1. The lowest BCUT2D eigenvalue weighted by atomic mass is 9.99. The van der Waals surface area contributed by atoms with Gasteiger partial charge in [-0.05, 0) is 60.0 Å². The summed E-state index contributed by atoms with van der Waals surface area (Å²) < 4.78 is 31.8. The molecule has 214 valence electrons. The number of hydrogen-bond acceptors (Lipinski definition) is 6. The molecule has 0 aromatic heterocycles. The van der Waals surface area contributed by atoms with Gasteiger partial charge in [-0.3, -0.25) is 0 Å². The lowest BCUT2D eigenvalue weighted by molar-refractivity contribution is -0.242. The fourth-order valence-corrected chi connectivity index (χ4v) is 6.04. The summed E-state index contributed by atoms with van der Waals surface area (Å²) >= 11 is 7.77. The van der Waals surface area contributed by atoms with Crippen LogP contribution in [0.1, 0.15) is 23.6 Å². The third-order valence-corrected chi connectivity index (χ3v) is 8.37. The maximum atomic E-state index is 6.70. The van der Waals surface area contributed by atoms with Gasteiger partial charge in [-0.15, -0.1) is 0 Å². The Morgan fingerprint density at radius 2 is 1.15 bits per heavy atom. The summed E-state index contributed by atoms with van der Waals surface area (Å²) in [4.78, 5) is 1.04. The van der Waals surface area contributed by atoms with E-state index >= 15 is 0 Å². The van der Waals surface area contributed by atoms with E-state index in [0.29, 0.717) is 24.8 Å². The highest BCUT2D eigenvalue weighted by molar-refractivity contribution is 7.99. The van der Waals surface area contributed by atoms with Crippen molar-refractivity contribution in [1.82, 2.24) is 0 Å². The second kappa shape index (κ2) is 14.9. The van der Waals surface area contributed by atoms with Crippen molar-refractivity contribution in [2.45, 2.75) is 61.5 Å². The SMILES string of the molecule is COc1ccc(CO[C@@H]2[C@H](OCc3ccccc3)[C@H](C)O[C@H](Sc3ccc(Cl)cc3)[C@H]2OCc2ccccc2)cc1. The van der Waals surface area contributed by atoms with Crippen LogP contribution in [0.4, 0.5) is 0 Å². The Balaban J connectivity index is 1.42. The zero-order valence-corrected chi connectivity index (χ0v) is 24.8. The molecule has 4 aromatic rings. The van der Waals surface area contributed by atoms with Gasteiger partial charge in [-0.25, -0.2) is 0 Å². The Hall–Kier alpha value is -2.84. The molecule has 5 nitrogen and oxygen atoms in total. The molecule has 7 heteroatoms. The van der Waals surface area contributed by atoms with Gasteiger partial charge in [-0.1, -0.05) is 96.2 Å². The standard InChI is InChI=1S/C34H35ClO5S/c1-24-31(37-21-25-9-5-3-6-10-25)32(38-23-27-13-17-29(36-2)18-14-27)33(39-22-26-11-7-4-8-12-26)34(40-24)41-30-19-15-28(35)16-20-30/h3-20,24,31-34H,21-23H2,1-2H3/t24-,31+,32+,33-,34+/m0/s1. The minimum absolute atomic E-state index is 0.235. The van der Waals surface area contributed by atoms with Gasteiger partial charge in [0.05, 0.1) is 33.0 Å². The second-order valence-corrected chi connectivity index (χ2v) is 11.5. The molecule has 1 heterocycles. The Morgan fingerprint density at radius 3 is 1.71 bits per heavy atom. The number of rotatable bonds is 12. The zero-order valence-electron chi connectivity index (χ0n) is 23.2. The van der Waals surface area contributed by atoms with Gasteiger partial charge in [0, 0.05) is 9.92 Å². The predicted octanol–water partition coefficient (Wildman–Crippen LogP) is 7.94. The summed E-state index contributed by atoms with van der Waals surface area (Å²) in [6.07, 6.45) is -1.39. The summed E-state index contributed by atoms with van der Waals surface area (Å²) in [6.45, 7) is 3.31. The van der Waals surface area contributed by atoms with Crippen LogP contribution in [-0.4, -0.2) is 37.0 Å². The molecule has 5 atom stereocenters. The smallest absolute Gasteiger partial charge is 0.136 e. The highest BCUT2D eigenvalue weighted by atomic mass is 35.5. The molecule has 0 N–H and O–H groups in total. The molecule has 0 bridgehead atoms. The molecule has 4 aromatic carbocycles. The van der Waals surface area contributed by atoms with E-state index in [1.165, 1.54) is 0 Å². The van der Waals surface area contributed by atoms with Crippen LogP contribution in [0.25, 0.3) is 0 Å². The van der Waals surface area contributed by atoms with Gasteiger partial charge in [0.1, 0.15) is 29.5 Å². The molecular formula is C34H35ClO5S. The van der Waals surface area contributed by atoms with E-state index in [1.54, 1.807) is 18.9 Å². The van der Waals surface area contributed by atoms with Crippen LogP contribution in [0.2, 0.25) is 5.02 Å². The average molecular weight is 591 g/mol. The first-order valence-corrected chi connectivity index (χ1v) is 15.0. The maximum absolute atomic E-state index is 6.70. The molecule has 0 unspecified atom stereocenters. The van der Waals surface area contributed by atoms with Crippen LogP contribution >= 0.6 is 23.4 Å². The molecule has 0 saturated carbocycles. The van der Waals surface area contributed by atoms with Crippen molar-refractivity contribution in [2.24, 2.45) is 0 Å². The third kappa shape index (κ3) is 8.35. The molecule has 0 spiro atoms. The molecule has 0 amide bonds. The first-order valence-electron chi connectivity index (χ1n) is 13.7.